The quantitative estimate of drug-likeness (QED) is 0.628. The molecule has 1 aromatic heterocycles. The fourth-order valence-electron chi connectivity index (χ4n) is 2.33. The Bertz CT molecular complexity index is 892. The Kier molecular flexibility index (Phi) is 4.63. The second-order valence-electron chi connectivity index (χ2n) is 4.80. The van der Waals surface area contributed by atoms with Gasteiger partial charge in [0.2, 0.25) is 0 Å². The Morgan fingerprint density at radius 1 is 1.17 bits per heavy atom. The van der Waals surface area contributed by atoms with E-state index in [1.807, 2.05) is 36.4 Å². The van der Waals surface area contributed by atoms with Crippen molar-refractivity contribution in [2.24, 2.45) is 0 Å². The van der Waals surface area contributed by atoms with Crippen LogP contribution in [-0.4, -0.2) is 18.0 Å². The SMILES string of the molecule is COc1c(Br)cc(Br)cc1C(=O)Nc1cccc2cccnc12. The Morgan fingerprint density at radius 3 is 2.74 bits per heavy atom. The predicted molar refractivity (Wildman–Crippen MR) is 98.1 cm³/mol. The molecule has 116 valence electrons. The van der Waals surface area contributed by atoms with Gasteiger partial charge in [0.05, 0.1) is 28.4 Å². The van der Waals surface area contributed by atoms with Crippen LogP contribution in [0.4, 0.5) is 5.69 Å². The maximum Gasteiger partial charge on any atom is 0.259 e. The fraction of sp³-hybridized carbons (Fsp3) is 0.0588. The molecule has 1 heterocycles. The van der Waals surface area contributed by atoms with E-state index in [9.17, 15) is 4.79 Å². The van der Waals surface area contributed by atoms with E-state index in [4.69, 9.17) is 4.74 Å². The molecule has 3 aromatic rings. The molecular formula is C17H12Br2N2O2. The first-order valence-corrected chi connectivity index (χ1v) is 8.37. The van der Waals surface area contributed by atoms with Gasteiger partial charge in [-0.15, -0.1) is 0 Å². The van der Waals surface area contributed by atoms with Crippen LogP contribution in [0.5, 0.6) is 5.75 Å². The van der Waals surface area contributed by atoms with Crippen molar-refractivity contribution in [1.29, 1.82) is 0 Å². The van der Waals surface area contributed by atoms with Crippen molar-refractivity contribution >= 4 is 54.4 Å². The van der Waals surface area contributed by atoms with E-state index in [0.717, 1.165) is 15.4 Å². The topological polar surface area (TPSA) is 51.2 Å². The Hall–Kier alpha value is -1.92. The molecule has 0 spiro atoms. The number of aromatic nitrogens is 1. The molecule has 0 bridgehead atoms. The molecule has 0 atom stereocenters. The molecule has 0 radical (unpaired) electrons. The van der Waals surface area contributed by atoms with Gasteiger partial charge >= 0.3 is 0 Å². The number of benzene rings is 2. The van der Waals surface area contributed by atoms with Crippen LogP contribution in [-0.2, 0) is 0 Å². The molecule has 0 saturated carbocycles. The van der Waals surface area contributed by atoms with E-state index in [1.165, 1.54) is 7.11 Å². The van der Waals surface area contributed by atoms with Crippen molar-refractivity contribution in [2.75, 3.05) is 12.4 Å². The molecule has 0 fully saturated rings. The predicted octanol–water partition coefficient (Wildman–Crippen LogP) is 5.02. The Labute approximate surface area is 150 Å². The normalized spacial score (nSPS) is 10.6. The highest BCUT2D eigenvalue weighted by Gasteiger charge is 2.17. The van der Waals surface area contributed by atoms with Gasteiger partial charge in [-0.1, -0.05) is 34.1 Å². The number of halogens is 2. The maximum atomic E-state index is 12.7. The largest absolute Gasteiger partial charge is 0.495 e. The highest BCUT2D eigenvalue weighted by atomic mass is 79.9. The lowest BCUT2D eigenvalue weighted by atomic mass is 10.1. The van der Waals surface area contributed by atoms with Gasteiger partial charge in [0.25, 0.3) is 5.91 Å². The van der Waals surface area contributed by atoms with Gasteiger partial charge in [0.15, 0.2) is 0 Å². The number of nitrogens with one attached hydrogen (secondary N) is 1. The van der Waals surface area contributed by atoms with Crippen LogP contribution in [0, 0.1) is 0 Å². The second-order valence-corrected chi connectivity index (χ2v) is 6.57. The number of methoxy groups -OCH3 is 1. The average molecular weight is 436 g/mol. The summed E-state index contributed by atoms with van der Waals surface area (Å²) in [5, 5.41) is 3.87. The van der Waals surface area contributed by atoms with E-state index < -0.39 is 0 Å². The van der Waals surface area contributed by atoms with Gasteiger partial charge in [-0.05, 0) is 40.2 Å². The van der Waals surface area contributed by atoms with Crippen LogP contribution in [0.15, 0.2) is 57.6 Å². The molecule has 1 amide bonds. The summed E-state index contributed by atoms with van der Waals surface area (Å²) in [5.74, 6) is 0.223. The molecule has 4 nitrogen and oxygen atoms in total. The first-order valence-electron chi connectivity index (χ1n) is 6.78. The number of ether oxygens (including phenoxy) is 1. The summed E-state index contributed by atoms with van der Waals surface area (Å²) in [4.78, 5) is 17.0. The molecule has 23 heavy (non-hydrogen) atoms. The first-order chi connectivity index (χ1) is 11.1. The Morgan fingerprint density at radius 2 is 1.96 bits per heavy atom. The molecule has 0 aliphatic rings. The number of nitrogens with zero attached hydrogens (tertiary/aromatic N) is 1. The summed E-state index contributed by atoms with van der Waals surface area (Å²) >= 11 is 6.80. The number of rotatable bonds is 3. The summed E-state index contributed by atoms with van der Waals surface area (Å²) in [6.07, 6.45) is 1.70. The second kappa shape index (κ2) is 6.68. The number of hydrogen-bond acceptors (Lipinski definition) is 3. The summed E-state index contributed by atoms with van der Waals surface area (Å²) in [7, 11) is 1.53. The zero-order valence-corrected chi connectivity index (χ0v) is 15.3. The van der Waals surface area contributed by atoms with Crippen LogP contribution in [0.3, 0.4) is 0 Å². The smallest absolute Gasteiger partial charge is 0.259 e. The van der Waals surface area contributed by atoms with Gasteiger partial charge in [-0.2, -0.15) is 0 Å². The standard InChI is InChI=1S/C17H12Br2N2O2/c1-23-16-12(8-11(18)9-13(16)19)17(22)21-14-6-2-4-10-5-3-7-20-15(10)14/h2-9H,1H3,(H,21,22). The number of hydrogen-bond donors (Lipinski definition) is 1. The third-order valence-corrected chi connectivity index (χ3v) is 4.38. The lowest BCUT2D eigenvalue weighted by Gasteiger charge is -2.12. The molecule has 0 aliphatic carbocycles. The third kappa shape index (κ3) is 3.23. The van der Waals surface area contributed by atoms with Crippen LogP contribution < -0.4 is 10.1 Å². The summed E-state index contributed by atoms with van der Waals surface area (Å²) in [5.41, 5.74) is 1.84. The highest BCUT2D eigenvalue weighted by Crippen LogP contribution is 2.33. The van der Waals surface area contributed by atoms with Crippen LogP contribution in [0.1, 0.15) is 10.4 Å². The monoisotopic (exact) mass is 434 g/mol. The zero-order valence-electron chi connectivity index (χ0n) is 12.1. The van der Waals surface area contributed by atoms with E-state index in [-0.39, 0.29) is 5.91 Å². The zero-order chi connectivity index (χ0) is 16.4. The van der Waals surface area contributed by atoms with Crippen molar-refractivity contribution < 1.29 is 9.53 Å². The number of carbonyl (C=O) groups is 1. The lowest BCUT2D eigenvalue weighted by molar-refractivity contribution is 0.102. The van der Waals surface area contributed by atoms with Gasteiger partial charge in [-0.25, -0.2) is 0 Å². The van der Waals surface area contributed by atoms with E-state index in [0.29, 0.717) is 21.5 Å². The van der Waals surface area contributed by atoms with Crippen LogP contribution in [0.25, 0.3) is 10.9 Å². The number of amides is 1. The minimum atomic E-state index is -0.262. The van der Waals surface area contributed by atoms with E-state index in [1.54, 1.807) is 12.3 Å². The van der Waals surface area contributed by atoms with E-state index >= 15 is 0 Å². The molecule has 3 rings (SSSR count). The van der Waals surface area contributed by atoms with Crippen LogP contribution in [0.2, 0.25) is 0 Å². The first kappa shape index (κ1) is 16.0. The molecular weight excluding hydrogens is 424 g/mol. The minimum Gasteiger partial charge on any atom is -0.495 e. The molecule has 6 heteroatoms. The molecule has 2 aromatic carbocycles. The van der Waals surface area contributed by atoms with Crippen molar-refractivity contribution in [3.05, 3.63) is 63.2 Å². The average Bonchev–Trinajstić information content (AvgIpc) is 2.54. The molecule has 0 saturated heterocycles. The lowest BCUT2D eigenvalue weighted by Crippen LogP contribution is -2.14. The summed E-state index contributed by atoms with van der Waals surface area (Å²) < 4.78 is 6.82. The number of anilines is 1. The summed E-state index contributed by atoms with van der Waals surface area (Å²) in [6, 6.07) is 13.0. The number of fused-ring (bicyclic) bond motifs is 1. The number of carbonyl (C=O) groups excluding carboxylic acids is 1. The van der Waals surface area contributed by atoms with Crippen molar-refractivity contribution in [1.82, 2.24) is 4.98 Å². The van der Waals surface area contributed by atoms with E-state index in [2.05, 4.69) is 42.2 Å². The molecule has 0 aliphatic heterocycles. The van der Waals surface area contributed by atoms with Crippen LogP contribution >= 0.6 is 31.9 Å². The highest BCUT2D eigenvalue weighted by molar-refractivity contribution is 9.11. The van der Waals surface area contributed by atoms with Crippen molar-refractivity contribution in [2.45, 2.75) is 0 Å². The minimum absolute atomic E-state index is 0.262. The van der Waals surface area contributed by atoms with Gasteiger partial charge in [0, 0.05) is 16.1 Å². The number of para-hydroxylation sites is 1. The fourth-order valence-corrected chi connectivity index (χ4v) is 3.72. The van der Waals surface area contributed by atoms with Crippen molar-refractivity contribution in [3.8, 4) is 5.75 Å². The number of pyridine rings is 1. The maximum absolute atomic E-state index is 12.7. The van der Waals surface area contributed by atoms with Crippen molar-refractivity contribution in [3.63, 3.8) is 0 Å². The van der Waals surface area contributed by atoms with Gasteiger partial charge in [-0.3, -0.25) is 9.78 Å². The van der Waals surface area contributed by atoms with Gasteiger partial charge < -0.3 is 10.1 Å². The molecule has 1 N–H and O–H groups in total. The van der Waals surface area contributed by atoms with Gasteiger partial charge in [0.1, 0.15) is 5.75 Å². The third-order valence-electron chi connectivity index (χ3n) is 3.34. The Balaban J connectivity index is 2.02. The molecule has 0 unspecified atom stereocenters. The summed E-state index contributed by atoms with van der Waals surface area (Å²) in [6.45, 7) is 0.